The van der Waals surface area contributed by atoms with Gasteiger partial charge in [-0.25, -0.2) is 4.98 Å². The summed E-state index contributed by atoms with van der Waals surface area (Å²) in [5.41, 5.74) is 8.16. The van der Waals surface area contributed by atoms with E-state index in [1.54, 1.807) is 32.2 Å². The van der Waals surface area contributed by atoms with Gasteiger partial charge in [0, 0.05) is 140 Å². The topological polar surface area (TPSA) is 151 Å². The molecule has 2 amide bonds. The van der Waals surface area contributed by atoms with E-state index in [-0.39, 0.29) is 34.8 Å². The number of rotatable bonds is 10. The van der Waals surface area contributed by atoms with Crippen molar-refractivity contribution in [2.24, 2.45) is 16.2 Å². The molecule has 73 heavy (non-hydrogen) atoms. The van der Waals surface area contributed by atoms with E-state index < -0.39 is 0 Å². The molecule has 3 aromatic heterocycles. The van der Waals surface area contributed by atoms with E-state index in [1.807, 2.05) is 29.4 Å². The number of hydrogen-bond acceptors (Lipinski definition) is 11. The van der Waals surface area contributed by atoms with E-state index in [4.69, 9.17) is 29.3 Å². The van der Waals surface area contributed by atoms with Gasteiger partial charge in [0.05, 0.1) is 30.1 Å². The molecule has 0 unspecified atom stereocenters. The number of benzene rings is 3. The molecule has 7 heterocycles. The highest BCUT2D eigenvalue weighted by Crippen LogP contribution is 2.56. The van der Waals surface area contributed by atoms with Gasteiger partial charge in [-0.2, -0.15) is 10.4 Å². The maximum atomic E-state index is 13.7. The molecule has 0 bridgehead atoms. The van der Waals surface area contributed by atoms with E-state index in [9.17, 15) is 14.9 Å². The third kappa shape index (κ3) is 8.93. The Hall–Kier alpha value is -6.98. The van der Waals surface area contributed by atoms with Gasteiger partial charge < -0.3 is 34.2 Å². The van der Waals surface area contributed by atoms with Crippen molar-refractivity contribution in [3.8, 4) is 40.1 Å². The molecule has 4 fully saturated rings. The minimum Gasteiger partial charge on any atom is -0.495 e. The number of carbonyl (C=O) groups is 2. The number of pyridine rings is 2. The lowest BCUT2D eigenvalue weighted by molar-refractivity contribution is -0.164. The zero-order valence-corrected chi connectivity index (χ0v) is 43.1. The predicted octanol–water partition coefficient (Wildman–Crippen LogP) is 9.80. The molecule has 1 N–H and O–H groups in total. The number of nitrogens with one attached hydrogen (secondary N) is 1. The van der Waals surface area contributed by atoms with Crippen LogP contribution in [0.15, 0.2) is 91.3 Å². The number of hydrogen-bond donors (Lipinski definition) is 1. The molecular weight excluding hydrogens is 915 g/mol. The number of anilines is 2. The van der Waals surface area contributed by atoms with Gasteiger partial charge >= 0.3 is 0 Å². The van der Waals surface area contributed by atoms with Gasteiger partial charge in [0.1, 0.15) is 29.5 Å². The Morgan fingerprint density at radius 3 is 2.23 bits per heavy atom. The first-order chi connectivity index (χ1) is 35.2. The molecule has 0 atom stereocenters. The van der Waals surface area contributed by atoms with E-state index in [2.05, 4.69) is 102 Å². The summed E-state index contributed by atoms with van der Waals surface area (Å²) >= 11 is 0. The van der Waals surface area contributed by atoms with Gasteiger partial charge in [0.2, 0.25) is 5.91 Å². The molecule has 5 aliphatic rings. The first kappa shape index (κ1) is 48.3. The second-order valence-electron chi connectivity index (χ2n) is 22.3. The standard InChI is InChI=1S/C59H67N9O5/c1-38(69)67-25-18-50-48(37-67)53(64-68(50)44-19-30-72-31-20-44)46-9-7-8-40-32-49(61-36-47(40)46)42-13-17-52(62-35-42)66-28-23-59(24-29-66)21-26-65(27-22-59)43-14-10-39(11-15-43)54(70)63-55-57(2,3)56(58(55,4)5)73-45-16-12-41(34-60)51(33-45)71-6/h7-17,32-33,35-36,44,55-56H,18-31,37H2,1-6H3,(H,63,70). The molecule has 4 aliphatic heterocycles. The number of piperidine rings is 2. The third-order valence-electron chi connectivity index (χ3n) is 17.3. The Balaban J connectivity index is 0.688. The number of amides is 2. The summed E-state index contributed by atoms with van der Waals surface area (Å²) in [6.45, 7) is 16.9. The minimum atomic E-state index is -0.340. The van der Waals surface area contributed by atoms with Crippen molar-refractivity contribution in [3.63, 3.8) is 0 Å². The summed E-state index contributed by atoms with van der Waals surface area (Å²) in [5.74, 6) is 2.13. The van der Waals surface area contributed by atoms with Crippen molar-refractivity contribution in [1.82, 2.24) is 30.0 Å². The second kappa shape index (κ2) is 19.1. The van der Waals surface area contributed by atoms with Crippen LogP contribution in [0.2, 0.25) is 0 Å². The average Bonchev–Trinajstić information content (AvgIpc) is 3.81. The molecule has 1 aliphatic carbocycles. The van der Waals surface area contributed by atoms with Crippen molar-refractivity contribution in [2.75, 3.05) is 62.8 Å². The number of fused-ring (bicyclic) bond motifs is 2. The fourth-order valence-electron chi connectivity index (χ4n) is 13.2. The van der Waals surface area contributed by atoms with Crippen LogP contribution in [-0.2, 0) is 22.5 Å². The molecule has 0 radical (unpaired) electrons. The fraction of sp³-hybridized carbons (Fsp3) is 0.458. The summed E-state index contributed by atoms with van der Waals surface area (Å²) in [6.07, 6.45) is 11.0. The first-order valence-corrected chi connectivity index (χ1v) is 26.2. The van der Waals surface area contributed by atoms with Crippen molar-refractivity contribution >= 4 is 34.1 Å². The van der Waals surface area contributed by atoms with E-state index >= 15 is 0 Å². The van der Waals surface area contributed by atoms with Crippen LogP contribution >= 0.6 is 0 Å². The van der Waals surface area contributed by atoms with Crippen LogP contribution in [0.25, 0.3) is 33.3 Å². The lowest BCUT2D eigenvalue weighted by Crippen LogP contribution is -2.74. The molecule has 6 aromatic rings. The van der Waals surface area contributed by atoms with Crippen LogP contribution in [0, 0.1) is 27.6 Å². The van der Waals surface area contributed by atoms with Crippen LogP contribution < -0.4 is 24.6 Å². The summed E-state index contributed by atoms with van der Waals surface area (Å²) in [6, 6.07) is 28.6. The molecule has 3 saturated heterocycles. The van der Waals surface area contributed by atoms with Gasteiger partial charge in [-0.3, -0.25) is 19.3 Å². The Labute approximate surface area is 428 Å². The van der Waals surface area contributed by atoms with Crippen molar-refractivity contribution in [2.45, 2.75) is 104 Å². The quantitative estimate of drug-likeness (QED) is 0.140. The Kier molecular flexibility index (Phi) is 12.7. The van der Waals surface area contributed by atoms with Crippen LogP contribution in [-0.4, -0.2) is 102 Å². The van der Waals surface area contributed by atoms with Crippen LogP contribution in [0.5, 0.6) is 11.5 Å². The fourth-order valence-corrected chi connectivity index (χ4v) is 13.2. The lowest BCUT2D eigenvalue weighted by Gasteiger charge is -2.63. The average molecular weight is 982 g/mol. The van der Waals surface area contributed by atoms with E-state index in [0.29, 0.717) is 47.2 Å². The Morgan fingerprint density at radius 2 is 1.56 bits per heavy atom. The summed E-state index contributed by atoms with van der Waals surface area (Å²) in [4.78, 5) is 43.1. The van der Waals surface area contributed by atoms with Gasteiger partial charge in [0.15, 0.2) is 0 Å². The number of carbonyl (C=O) groups excluding carboxylic acids is 2. The van der Waals surface area contributed by atoms with Crippen molar-refractivity contribution in [3.05, 3.63) is 114 Å². The molecule has 14 nitrogen and oxygen atoms in total. The number of methoxy groups -OCH3 is 1. The first-order valence-electron chi connectivity index (χ1n) is 26.2. The molecule has 11 rings (SSSR count). The zero-order valence-electron chi connectivity index (χ0n) is 43.1. The molecule has 1 saturated carbocycles. The molecular formula is C59H67N9O5. The van der Waals surface area contributed by atoms with Crippen LogP contribution in [0.3, 0.4) is 0 Å². The number of nitriles is 1. The number of aromatic nitrogens is 4. The van der Waals surface area contributed by atoms with Crippen molar-refractivity contribution < 1.29 is 23.8 Å². The maximum absolute atomic E-state index is 13.7. The minimum absolute atomic E-state index is 0.0847. The van der Waals surface area contributed by atoms with Crippen LogP contribution in [0.4, 0.5) is 11.5 Å². The molecule has 378 valence electrons. The van der Waals surface area contributed by atoms with E-state index in [1.165, 1.54) is 5.69 Å². The van der Waals surface area contributed by atoms with Crippen LogP contribution in [0.1, 0.15) is 106 Å². The van der Waals surface area contributed by atoms with Crippen molar-refractivity contribution in [1.29, 1.82) is 5.26 Å². The van der Waals surface area contributed by atoms with Gasteiger partial charge in [-0.1, -0.05) is 45.9 Å². The Morgan fingerprint density at radius 1 is 0.836 bits per heavy atom. The Bertz CT molecular complexity index is 3060. The predicted molar refractivity (Wildman–Crippen MR) is 283 cm³/mol. The number of nitrogens with zero attached hydrogens (tertiary/aromatic N) is 8. The summed E-state index contributed by atoms with van der Waals surface area (Å²) < 4.78 is 19.8. The summed E-state index contributed by atoms with van der Waals surface area (Å²) in [7, 11) is 1.55. The highest BCUT2D eigenvalue weighted by molar-refractivity contribution is 5.98. The maximum Gasteiger partial charge on any atom is 0.251 e. The number of ether oxygens (including phenoxy) is 3. The second-order valence-corrected chi connectivity index (χ2v) is 22.3. The summed E-state index contributed by atoms with van der Waals surface area (Å²) in [5, 5.41) is 20.2. The lowest BCUT2D eigenvalue weighted by atomic mass is 9.49. The zero-order chi connectivity index (χ0) is 50.6. The smallest absolute Gasteiger partial charge is 0.251 e. The van der Waals surface area contributed by atoms with Gasteiger partial charge in [-0.05, 0) is 104 Å². The third-order valence-corrected chi connectivity index (χ3v) is 17.3. The van der Waals surface area contributed by atoms with Gasteiger partial charge in [0.25, 0.3) is 5.91 Å². The SMILES string of the molecule is COc1cc(OC2C(C)(C)C(NC(=O)c3ccc(N4CCC5(CC4)CCN(c4ccc(-c6cc7cccc(-c8nn(C9CCOCC9)c9c8CN(C(C)=O)CC9)c7cn6)cn4)CC5)cc3)C2(C)C)ccc1C#N. The molecule has 14 heteroatoms. The molecule has 1 spiro atoms. The van der Waals surface area contributed by atoms with Gasteiger partial charge in [-0.15, -0.1) is 0 Å². The van der Waals surface area contributed by atoms with E-state index in [0.717, 1.165) is 135 Å². The molecule has 3 aromatic carbocycles. The highest BCUT2D eigenvalue weighted by Gasteiger charge is 2.64. The largest absolute Gasteiger partial charge is 0.495 e. The highest BCUT2D eigenvalue weighted by atomic mass is 16.5. The normalized spacial score (nSPS) is 21.2. The monoisotopic (exact) mass is 982 g/mol.